The monoisotopic (exact) mass is 300 g/mol. The minimum absolute atomic E-state index is 0.130. The molecule has 0 heterocycles. The molecule has 0 aliphatic heterocycles. The number of carbonyl (C=O) groups is 2. The fraction of sp³-hybridized carbons (Fsp3) is 0.882. The highest BCUT2D eigenvalue weighted by Gasteiger charge is 2.08. The summed E-state index contributed by atoms with van der Waals surface area (Å²) in [6, 6.07) is 0. The standard InChI is InChI=1S/C17H32O4/c1-5-14(3)12-20-16(18)10-8-7-9-11-17(19)21-13-15(4)6-2/h14-15H,5-13H2,1-4H3. The Morgan fingerprint density at radius 1 is 0.762 bits per heavy atom. The van der Waals surface area contributed by atoms with Gasteiger partial charge in [0.25, 0.3) is 0 Å². The predicted octanol–water partition coefficient (Wildman–Crippen LogP) is 4.12. The molecule has 0 radical (unpaired) electrons. The Labute approximate surface area is 129 Å². The van der Waals surface area contributed by atoms with Crippen molar-refractivity contribution in [2.45, 2.75) is 72.6 Å². The van der Waals surface area contributed by atoms with Crippen molar-refractivity contribution >= 4 is 11.9 Å². The van der Waals surface area contributed by atoms with Crippen molar-refractivity contribution < 1.29 is 19.1 Å². The van der Waals surface area contributed by atoms with E-state index < -0.39 is 0 Å². The van der Waals surface area contributed by atoms with E-state index in [2.05, 4.69) is 27.7 Å². The quantitative estimate of drug-likeness (QED) is 0.402. The van der Waals surface area contributed by atoms with Gasteiger partial charge in [-0.1, -0.05) is 47.0 Å². The Balaban J connectivity index is 3.46. The molecule has 0 N–H and O–H groups in total. The van der Waals surface area contributed by atoms with Gasteiger partial charge < -0.3 is 9.47 Å². The van der Waals surface area contributed by atoms with E-state index in [1.54, 1.807) is 0 Å². The van der Waals surface area contributed by atoms with E-state index in [9.17, 15) is 9.59 Å². The highest BCUT2D eigenvalue weighted by atomic mass is 16.5. The molecule has 0 aliphatic rings. The number of hydrogen-bond acceptors (Lipinski definition) is 4. The molecule has 0 rings (SSSR count). The van der Waals surface area contributed by atoms with Crippen LogP contribution in [0.1, 0.15) is 72.6 Å². The van der Waals surface area contributed by atoms with Gasteiger partial charge >= 0.3 is 11.9 Å². The van der Waals surface area contributed by atoms with Gasteiger partial charge in [0.15, 0.2) is 0 Å². The Hall–Kier alpha value is -1.06. The first-order chi connectivity index (χ1) is 9.99. The van der Waals surface area contributed by atoms with Crippen LogP contribution in [0.4, 0.5) is 0 Å². The summed E-state index contributed by atoms with van der Waals surface area (Å²) in [4.78, 5) is 22.9. The van der Waals surface area contributed by atoms with Crippen LogP contribution in [-0.4, -0.2) is 25.2 Å². The molecule has 124 valence electrons. The van der Waals surface area contributed by atoms with Crippen molar-refractivity contribution in [2.75, 3.05) is 13.2 Å². The Bertz CT molecular complexity index is 261. The van der Waals surface area contributed by atoms with Gasteiger partial charge in [-0.05, 0) is 24.7 Å². The number of rotatable bonds is 12. The molecule has 0 fully saturated rings. The van der Waals surface area contributed by atoms with Crippen molar-refractivity contribution in [1.82, 2.24) is 0 Å². The molecule has 0 bridgehead atoms. The molecule has 0 amide bonds. The molecule has 0 aliphatic carbocycles. The van der Waals surface area contributed by atoms with E-state index in [1.165, 1.54) is 0 Å². The molecule has 4 nitrogen and oxygen atoms in total. The van der Waals surface area contributed by atoms with Crippen LogP contribution in [0.25, 0.3) is 0 Å². The predicted molar refractivity (Wildman–Crippen MR) is 83.9 cm³/mol. The third kappa shape index (κ3) is 12.4. The van der Waals surface area contributed by atoms with Crippen LogP contribution >= 0.6 is 0 Å². The lowest BCUT2D eigenvalue weighted by atomic mass is 10.1. The summed E-state index contributed by atoms with van der Waals surface area (Å²) in [5.74, 6) is 0.591. The van der Waals surface area contributed by atoms with Crippen molar-refractivity contribution in [3.05, 3.63) is 0 Å². The third-order valence-corrected chi connectivity index (χ3v) is 3.71. The molecule has 0 saturated carbocycles. The summed E-state index contributed by atoms with van der Waals surface area (Å²) in [6.07, 6.45) is 5.33. The maximum Gasteiger partial charge on any atom is 0.305 e. The fourth-order valence-corrected chi connectivity index (χ4v) is 1.57. The van der Waals surface area contributed by atoms with Crippen molar-refractivity contribution in [2.24, 2.45) is 11.8 Å². The number of hydrogen-bond donors (Lipinski definition) is 0. The van der Waals surface area contributed by atoms with Gasteiger partial charge in [0.2, 0.25) is 0 Å². The van der Waals surface area contributed by atoms with E-state index in [1.807, 2.05) is 0 Å². The van der Waals surface area contributed by atoms with Gasteiger partial charge in [0, 0.05) is 12.8 Å². The number of carbonyl (C=O) groups excluding carboxylic acids is 2. The normalized spacial score (nSPS) is 13.5. The van der Waals surface area contributed by atoms with Crippen molar-refractivity contribution in [1.29, 1.82) is 0 Å². The molecule has 2 unspecified atom stereocenters. The van der Waals surface area contributed by atoms with Gasteiger partial charge in [-0.25, -0.2) is 0 Å². The summed E-state index contributed by atoms with van der Waals surface area (Å²) in [5, 5.41) is 0. The Morgan fingerprint density at radius 2 is 1.14 bits per heavy atom. The number of ether oxygens (including phenoxy) is 2. The summed E-state index contributed by atoms with van der Waals surface area (Å²) >= 11 is 0. The van der Waals surface area contributed by atoms with E-state index in [0.717, 1.165) is 32.1 Å². The lowest BCUT2D eigenvalue weighted by Crippen LogP contribution is -2.12. The minimum Gasteiger partial charge on any atom is -0.465 e. The zero-order valence-electron chi connectivity index (χ0n) is 14.2. The zero-order chi connectivity index (χ0) is 16.1. The lowest BCUT2D eigenvalue weighted by Gasteiger charge is -2.10. The van der Waals surface area contributed by atoms with Crippen LogP contribution in [0.5, 0.6) is 0 Å². The zero-order valence-corrected chi connectivity index (χ0v) is 14.2. The number of esters is 2. The molecule has 0 saturated heterocycles. The molecule has 2 atom stereocenters. The summed E-state index contributed by atoms with van der Waals surface area (Å²) < 4.78 is 10.3. The first kappa shape index (κ1) is 19.9. The third-order valence-electron chi connectivity index (χ3n) is 3.71. The van der Waals surface area contributed by atoms with Gasteiger partial charge in [0.05, 0.1) is 13.2 Å². The van der Waals surface area contributed by atoms with Crippen molar-refractivity contribution in [3.63, 3.8) is 0 Å². The molecule has 0 aromatic carbocycles. The van der Waals surface area contributed by atoms with Gasteiger partial charge in [-0.2, -0.15) is 0 Å². The van der Waals surface area contributed by atoms with Crippen LogP contribution in [0, 0.1) is 11.8 Å². The second-order valence-electron chi connectivity index (χ2n) is 5.95. The SMILES string of the molecule is CCC(C)COC(=O)CCCCCC(=O)OCC(C)CC. The average Bonchev–Trinajstić information content (AvgIpc) is 2.49. The second kappa shape index (κ2) is 12.7. The Morgan fingerprint density at radius 3 is 1.48 bits per heavy atom. The highest BCUT2D eigenvalue weighted by Crippen LogP contribution is 2.08. The Kier molecular flexibility index (Phi) is 12.0. The van der Waals surface area contributed by atoms with Crippen LogP contribution in [0.15, 0.2) is 0 Å². The first-order valence-electron chi connectivity index (χ1n) is 8.30. The van der Waals surface area contributed by atoms with Crippen LogP contribution in [-0.2, 0) is 19.1 Å². The molecule has 0 aromatic heterocycles. The fourth-order valence-electron chi connectivity index (χ4n) is 1.57. The van der Waals surface area contributed by atoms with Crippen molar-refractivity contribution in [3.8, 4) is 0 Å². The molecular weight excluding hydrogens is 268 g/mol. The smallest absolute Gasteiger partial charge is 0.305 e. The molecule has 0 aromatic rings. The van der Waals surface area contributed by atoms with Gasteiger partial charge in [-0.3, -0.25) is 9.59 Å². The molecular formula is C17H32O4. The van der Waals surface area contributed by atoms with Crippen LogP contribution in [0.3, 0.4) is 0 Å². The highest BCUT2D eigenvalue weighted by molar-refractivity contribution is 5.69. The largest absolute Gasteiger partial charge is 0.465 e. The first-order valence-corrected chi connectivity index (χ1v) is 8.30. The maximum atomic E-state index is 11.5. The summed E-state index contributed by atoms with van der Waals surface area (Å²) in [6.45, 7) is 9.32. The topological polar surface area (TPSA) is 52.6 Å². The lowest BCUT2D eigenvalue weighted by molar-refractivity contribution is -0.145. The molecule has 0 spiro atoms. The summed E-state index contributed by atoms with van der Waals surface area (Å²) in [5.41, 5.74) is 0. The van der Waals surface area contributed by atoms with Crippen LogP contribution in [0.2, 0.25) is 0 Å². The average molecular weight is 300 g/mol. The van der Waals surface area contributed by atoms with E-state index >= 15 is 0 Å². The second-order valence-corrected chi connectivity index (χ2v) is 5.95. The number of unbranched alkanes of at least 4 members (excludes halogenated alkanes) is 2. The molecule has 4 heteroatoms. The van der Waals surface area contributed by atoms with E-state index in [0.29, 0.717) is 37.9 Å². The van der Waals surface area contributed by atoms with E-state index in [4.69, 9.17) is 9.47 Å². The minimum atomic E-state index is -0.130. The van der Waals surface area contributed by atoms with E-state index in [-0.39, 0.29) is 11.9 Å². The summed E-state index contributed by atoms with van der Waals surface area (Å²) in [7, 11) is 0. The van der Waals surface area contributed by atoms with Gasteiger partial charge in [0.1, 0.15) is 0 Å². The van der Waals surface area contributed by atoms with Gasteiger partial charge in [-0.15, -0.1) is 0 Å². The molecule has 21 heavy (non-hydrogen) atoms. The van der Waals surface area contributed by atoms with Crippen LogP contribution < -0.4 is 0 Å². The maximum absolute atomic E-state index is 11.5.